The number of phenols is 1. The monoisotopic (exact) mass is 337 g/mol. The normalized spacial score (nSPS) is 16.2. The van der Waals surface area contributed by atoms with Crippen LogP contribution in [-0.2, 0) is 6.42 Å². The van der Waals surface area contributed by atoms with E-state index in [2.05, 4.69) is 59.5 Å². The summed E-state index contributed by atoms with van der Waals surface area (Å²) in [6.45, 7) is 0. The van der Waals surface area contributed by atoms with E-state index in [-0.39, 0.29) is 12.4 Å². The first-order valence-electron chi connectivity index (χ1n) is 8.04. The fourth-order valence-corrected chi connectivity index (χ4v) is 3.47. The Morgan fingerprint density at radius 1 is 0.792 bits per heavy atom. The molecule has 1 N–H and O–H groups in total. The number of fused-ring (bicyclic) bond motifs is 1. The smallest absolute Gasteiger partial charge is 0.115 e. The predicted octanol–water partition coefficient (Wildman–Crippen LogP) is 5.64. The van der Waals surface area contributed by atoms with Crippen LogP contribution in [0.5, 0.6) is 5.75 Å². The van der Waals surface area contributed by atoms with Crippen LogP contribution in [0, 0.1) is 0 Å². The van der Waals surface area contributed by atoms with Crippen LogP contribution in [-0.4, -0.2) is 5.11 Å². The number of aryl methyl sites for hydroxylation is 1. The van der Waals surface area contributed by atoms with E-state index in [0.29, 0.717) is 11.8 Å². The number of anilines is 2. The van der Waals surface area contributed by atoms with Gasteiger partial charge in [0.1, 0.15) is 5.75 Å². The Labute approximate surface area is 148 Å². The lowest BCUT2D eigenvalue weighted by Crippen LogP contribution is -2.28. The summed E-state index contributed by atoms with van der Waals surface area (Å²) < 4.78 is 0. The Kier molecular flexibility index (Phi) is 4.77. The van der Waals surface area contributed by atoms with Crippen LogP contribution in [0.2, 0.25) is 0 Å². The number of benzene rings is 3. The summed E-state index contributed by atoms with van der Waals surface area (Å²) >= 11 is 0. The Morgan fingerprint density at radius 3 is 2.21 bits per heavy atom. The van der Waals surface area contributed by atoms with Crippen LogP contribution in [0.15, 0.2) is 78.9 Å². The largest absolute Gasteiger partial charge is 0.508 e. The summed E-state index contributed by atoms with van der Waals surface area (Å²) in [5.41, 5.74) is 5.09. The molecule has 3 aromatic rings. The zero-order valence-electron chi connectivity index (χ0n) is 13.3. The van der Waals surface area contributed by atoms with Gasteiger partial charge in [-0.15, -0.1) is 12.4 Å². The molecule has 2 nitrogen and oxygen atoms in total. The number of nitrogens with zero attached hydrogens (tertiary/aromatic N) is 1. The van der Waals surface area contributed by atoms with Crippen molar-refractivity contribution in [2.24, 2.45) is 0 Å². The molecule has 24 heavy (non-hydrogen) atoms. The highest BCUT2D eigenvalue weighted by Gasteiger charge is 2.28. The van der Waals surface area contributed by atoms with E-state index in [0.717, 1.165) is 18.5 Å². The molecule has 0 spiro atoms. The second-order valence-electron chi connectivity index (χ2n) is 5.98. The maximum absolute atomic E-state index is 9.61. The second-order valence-corrected chi connectivity index (χ2v) is 5.98. The summed E-state index contributed by atoms with van der Waals surface area (Å²) in [6, 6.07) is 27.1. The fourth-order valence-electron chi connectivity index (χ4n) is 3.47. The SMILES string of the molecule is Cl.Oc1ccc(N2c3ccccc3CCC2c2ccccc2)cc1. The van der Waals surface area contributed by atoms with Gasteiger partial charge >= 0.3 is 0 Å². The molecule has 0 saturated carbocycles. The quantitative estimate of drug-likeness (QED) is 0.654. The van der Waals surface area contributed by atoms with Gasteiger partial charge in [-0.2, -0.15) is 0 Å². The molecule has 1 atom stereocenters. The molecule has 1 heterocycles. The predicted molar refractivity (Wildman–Crippen MR) is 101 cm³/mol. The van der Waals surface area contributed by atoms with Gasteiger partial charge in [0.2, 0.25) is 0 Å². The van der Waals surface area contributed by atoms with Gasteiger partial charge in [-0.25, -0.2) is 0 Å². The third-order valence-electron chi connectivity index (χ3n) is 4.56. The van der Waals surface area contributed by atoms with Crippen LogP contribution in [0.1, 0.15) is 23.6 Å². The molecule has 0 aromatic heterocycles. The minimum Gasteiger partial charge on any atom is -0.508 e. The molecule has 0 amide bonds. The number of rotatable bonds is 2. The van der Waals surface area contributed by atoms with Gasteiger partial charge in [-0.1, -0.05) is 48.5 Å². The molecule has 122 valence electrons. The Balaban J connectivity index is 0.00000169. The maximum Gasteiger partial charge on any atom is 0.115 e. The molecule has 1 unspecified atom stereocenters. The molecule has 4 rings (SSSR count). The van der Waals surface area contributed by atoms with Crippen LogP contribution < -0.4 is 4.90 Å². The molecule has 0 fully saturated rings. The standard InChI is InChI=1S/C21H19NO.ClH/c23-19-13-11-18(12-14-19)22-20-9-5-4-8-17(20)10-15-21(22)16-6-2-1-3-7-16;/h1-9,11-14,21,23H,10,15H2;1H. The van der Waals surface area contributed by atoms with E-state index in [1.165, 1.54) is 16.8 Å². The molecule has 0 bridgehead atoms. The molecule has 1 aliphatic heterocycles. The van der Waals surface area contributed by atoms with Crippen molar-refractivity contribution in [1.82, 2.24) is 0 Å². The molecule has 0 aliphatic carbocycles. The zero-order valence-corrected chi connectivity index (χ0v) is 14.1. The minimum absolute atomic E-state index is 0. The summed E-state index contributed by atoms with van der Waals surface area (Å²) in [4.78, 5) is 2.40. The van der Waals surface area contributed by atoms with Crippen molar-refractivity contribution in [3.63, 3.8) is 0 Å². The topological polar surface area (TPSA) is 23.5 Å². The first-order valence-corrected chi connectivity index (χ1v) is 8.04. The number of phenolic OH excluding ortho intramolecular Hbond substituents is 1. The van der Waals surface area contributed by atoms with Gasteiger partial charge < -0.3 is 10.0 Å². The average Bonchev–Trinajstić information content (AvgIpc) is 2.62. The minimum atomic E-state index is 0. The van der Waals surface area contributed by atoms with E-state index in [1.54, 1.807) is 12.1 Å². The lowest BCUT2D eigenvalue weighted by atomic mass is 9.90. The van der Waals surface area contributed by atoms with Crippen LogP contribution in [0.4, 0.5) is 11.4 Å². The van der Waals surface area contributed by atoms with Gasteiger partial charge in [0.25, 0.3) is 0 Å². The highest BCUT2D eigenvalue weighted by molar-refractivity contribution is 5.85. The highest BCUT2D eigenvalue weighted by atomic mass is 35.5. The van der Waals surface area contributed by atoms with Gasteiger partial charge in [0.05, 0.1) is 6.04 Å². The fraction of sp³-hybridized carbons (Fsp3) is 0.143. The number of hydrogen-bond donors (Lipinski definition) is 1. The van der Waals surface area contributed by atoms with Crippen molar-refractivity contribution in [3.05, 3.63) is 90.0 Å². The highest BCUT2D eigenvalue weighted by Crippen LogP contribution is 2.43. The molecule has 0 saturated heterocycles. The van der Waals surface area contributed by atoms with Gasteiger partial charge in [-0.05, 0) is 54.3 Å². The lowest BCUT2D eigenvalue weighted by Gasteiger charge is -2.39. The Bertz CT molecular complexity index is 802. The lowest BCUT2D eigenvalue weighted by molar-refractivity contribution is 0.475. The van der Waals surface area contributed by atoms with E-state index in [9.17, 15) is 5.11 Å². The Morgan fingerprint density at radius 2 is 1.46 bits per heavy atom. The first-order chi connectivity index (χ1) is 11.3. The Hall–Kier alpha value is -2.45. The van der Waals surface area contributed by atoms with E-state index >= 15 is 0 Å². The van der Waals surface area contributed by atoms with Crippen LogP contribution in [0.25, 0.3) is 0 Å². The summed E-state index contributed by atoms with van der Waals surface area (Å²) in [5, 5.41) is 9.61. The molecule has 3 heteroatoms. The third-order valence-corrected chi connectivity index (χ3v) is 4.56. The number of aromatic hydroxyl groups is 1. The first kappa shape index (κ1) is 16.4. The number of halogens is 1. The van der Waals surface area contributed by atoms with E-state index in [1.807, 2.05) is 12.1 Å². The zero-order chi connectivity index (χ0) is 15.6. The van der Waals surface area contributed by atoms with Crippen molar-refractivity contribution in [2.75, 3.05) is 4.90 Å². The van der Waals surface area contributed by atoms with Gasteiger partial charge in [0.15, 0.2) is 0 Å². The molecule has 3 aromatic carbocycles. The molecular formula is C21H20ClNO. The summed E-state index contributed by atoms with van der Waals surface area (Å²) in [6.07, 6.45) is 2.17. The van der Waals surface area contributed by atoms with Crippen molar-refractivity contribution in [2.45, 2.75) is 18.9 Å². The average molecular weight is 338 g/mol. The third kappa shape index (κ3) is 2.98. The van der Waals surface area contributed by atoms with Crippen LogP contribution >= 0.6 is 12.4 Å². The molecule has 0 radical (unpaired) electrons. The van der Waals surface area contributed by atoms with E-state index in [4.69, 9.17) is 0 Å². The van der Waals surface area contributed by atoms with Crippen molar-refractivity contribution < 1.29 is 5.11 Å². The van der Waals surface area contributed by atoms with Crippen LogP contribution in [0.3, 0.4) is 0 Å². The van der Waals surface area contributed by atoms with Gasteiger partial charge in [-0.3, -0.25) is 0 Å². The van der Waals surface area contributed by atoms with Crippen molar-refractivity contribution in [3.8, 4) is 5.75 Å². The second kappa shape index (κ2) is 6.98. The van der Waals surface area contributed by atoms with Crippen molar-refractivity contribution >= 4 is 23.8 Å². The number of hydrogen-bond acceptors (Lipinski definition) is 2. The molecule has 1 aliphatic rings. The summed E-state index contributed by atoms with van der Waals surface area (Å²) in [5.74, 6) is 0.301. The number of para-hydroxylation sites is 1. The van der Waals surface area contributed by atoms with E-state index < -0.39 is 0 Å². The molecular weight excluding hydrogens is 318 g/mol. The maximum atomic E-state index is 9.61. The van der Waals surface area contributed by atoms with Crippen molar-refractivity contribution in [1.29, 1.82) is 0 Å². The summed E-state index contributed by atoms with van der Waals surface area (Å²) in [7, 11) is 0. The van der Waals surface area contributed by atoms with Gasteiger partial charge in [0, 0.05) is 11.4 Å².